The first kappa shape index (κ1) is 32.3. The van der Waals surface area contributed by atoms with E-state index < -0.39 is 23.3 Å². The minimum absolute atomic E-state index is 0.162. The van der Waals surface area contributed by atoms with Gasteiger partial charge in [-0.1, -0.05) is 99.4 Å². The van der Waals surface area contributed by atoms with Crippen LogP contribution in [0.15, 0.2) is 66.8 Å². The molecule has 2 aliphatic rings. The van der Waals surface area contributed by atoms with Gasteiger partial charge in [0, 0.05) is 16.7 Å². The van der Waals surface area contributed by atoms with Gasteiger partial charge in [-0.05, 0) is 105 Å². The first-order valence-corrected chi connectivity index (χ1v) is 16.8. The lowest BCUT2D eigenvalue weighted by molar-refractivity contribution is 0.190. The number of benzene rings is 3. The molecule has 0 saturated heterocycles. The van der Waals surface area contributed by atoms with Gasteiger partial charge in [-0.25, -0.2) is 17.6 Å². The van der Waals surface area contributed by atoms with Crippen LogP contribution in [0.1, 0.15) is 102 Å². The van der Waals surface area contributed by atoms with Crippen molar-refractivity contribution in [2.75, 3.05) is 0 Å². The van der Waals surface area contributed by atoms with Gasteiger partial charge in [-0.3, -0.25) is 0 Å². The highest BCUT2D eigenvalue weighted by Crippen LogP contribution is 2.43. The zero-order valence-corrected chi connectivity index (χ0v) is 26.3. The summed E-state index contributed by atoms with van der Waals surface area (Å²) in [5.41, 5.74) is 2.95. The molecular formula is C40H46F4. The van der Waals surface area contributed by atoms with Gasteiger partial charge in [0.05, 0.1) is 0 Å². The SMILES string of the molecule is CC=CCCC1CCC(C2CC=C(c3ccc(-c4ccc(-c5ccc(CCCCC)c(F)c5F)cc4)c(F)c3F)CC2)CC1. The van der Waals surface area contributed by atoms with E-state index in [9.17, 15) is 8.78 Å². The Morgan fingerprint density at radius 1 is 0.682 bits per heavy atom. The molecule has 234 valence electrons. The molecule has 5 rings (SSSR count). The fraction of sp³-hybridized carbons (Fsp3) is 0.450. The first-order valence-electron chi connectivity index (χ1n) is 16.8. The molecule has 0 amide bonds. The molecule has 0 nitrogen and oxygen atoms in total. The number of aryl methyl sites for hydroxylation is 1. The lowest BCUT2D eigenvalue weighted by Gasteiger charge is -2.35. The van der Waals surface area contributed by atoms with Crippen molar-refractivity contribution in [3.05, 3.63) is 101 Å². The van der Waals surface area contributed by atoms with Crippen molar-refractivity contribution >= 4 is 5.57 Å². The molecule has 1 unspecified atom stereocenters. The molecule has 1 atom stereocenters. The molecule has 0 radical (unpaired) electrons. The Labute approximate surface area is 261 Å². The molecule has 3 aromatic rings. The van der Waals surface area contributed by atoms with Gasteiger partial charge in [0.15, 0.2) is 23.3 Å². The monoisotopic (exact) mass is 602 g/mol. The molecule has 0 heterocycles. The van der Waals surface area contributed by atoms with Crippen molar-refractivity contribution in [1.29, 1.82) is 0 Å². The maximum atomic E-state index is 15.4. The van der Waals surface area contributed by atoms with Crippen LogP contribution in [0.3, 0.4) is 0 Å². The van der Waals surface area contributed by atoms with Crippen LogP contribution in [0, 0.1) is 41.0 Å². The topological polar surface area (TPSA) is 0 Å². The second kappa shape index (κ2) is 15.2. The van der Waals surface area contributed by atoms with Crippen molar-refractivity contribution in [1.82, 2.24) is 0 Å². The number of rotatable bonds is 11. The Balaban J connectivity index is 1.24. The number of hydrogen-bond acceptors (Lipinski definition) is 0. The summed E-state index contributed by atoms with van der Waals surface area (Å²) in [6.07, 6.45) is 20.3. The highest BCUT2D eigenvalue weighted by atomic mass is 19.2. The molecule has 4 heteroatoms. The summed E-state index contributed by atoms with van der Waals surface area (Å²) in [4.78, 5) is 0. The number of halogens is 4. The van der Waals surface area contributed by atoms with E-state index in [0.717, 1.165) is 55.9 Å². The van der Waals surface area contributed by atoms with Crippen molar-refractivity contribution in [2.24, 2.45) is 17.8 Å². The second-order valence-corrected chi connectivity index (χ2v) is 12.9. The first-order chi connectivity index (χ1) is 21.4. The van der Waals surface area contributed by atoms with Crippen LogP contribution < -0.4 is 0 Å². The zero-order chi connectivity index (χ0) is 31.1. The predicted octanol–water partition coefficient (Wildman–Crippen LogP) is 12.7. The third-order valence-corrected chi connectivity index (χ3v) is 10.1. The molecule has 0 N–H and O–H groups in total. The lowest BCUT2D eigenvalue weighted by Crippen LogP contribution is -2.23. The van der Waals surface area contributed by atoms with E-state index >= 15 is 8.78 Å². The van der Waals surface area contributed by atoms with Crippen LogP contribution in [0.5, 0.6) is 0 Å². The Morgan fingerprint density at radius 3 is 1.91 bits per heavy atom. The molecule has 44 heavy (non-hydrogen) atoms. The van der Waals surface area contributed by atoms with E-state index in [1.54, 1.807) is 48.5 Å². The highest BCUT2D eigenvalue weighted by molar-refractivity contribution is 5.74. The zero-order valence-electron chi connectivity index (χ0n) is 26.3. The van der Waals surface area contributed by atoms with Crippen LogP contribution in [0.25, 0.3) is 27.8 Å². The van der Waals surface area contributed by atoms with E-state index in [2.05, 4.69) is 32.1 Å². The average Bonchev–Trinajstić information content (AvgIpc) is 3.05. The largest absolute Gasteiger partial charge is 0.203 e. The van der Waals surface area contributed by atoms with Gasteiger partial charge in [0.1, 0.15) is 0 Å². The van der Waals surface area contributed by atoms with Gasteiger partial charge >= 0.3 is 0 Å². The van der Waals surface area contributed by atoms with E-state index in [1.165, 1.54) is 38.5 Å². The molecule has 0 spiro atoms. The van der Waals surface area contributed by atoms with Gasteiger partial charge in [-0.2, -0.15) is 0 Å². The van der Waals surface area contributed by atoms with E-state index in [-0.39, 0.29) is 11.1 Å². The highest BCUT2D eigenvalue weighted by Gasteiger charge is 2.29. The number of unbranched alkanes of at least 4 members (excludes halogenated alkanes) is 2. The molecule has 2 aliphatic carbocycles. The number of allylic oxidation sites excluding steroid dienone is 4. The van der Waals surface area contributed by atoms with Crippen LogP contribution in [0.2, 0.25) is 0 Å². The quantitative estimate of drug-likeness (QED) is 0.116. The van der Waals surface area contributed by atoms with Crippen LogP contribution >= 0.6 is 0 Å². The molecule has 1 fully saturated rings. The summed E-state index contributed by atoms with van der Waals surface area (Å²) in [5.74, 6) is -1.14. The van der Waals surface area contributed by atoms with Crippen molar-refractivity contribution in [3.63, 3.8) is 0 Å². The Kier molecular flexibility index (Phi) is 11.2. The van der Waals surface area contributed by atoms with Gasteiger partial charge in [0.25, 0.3) is 0 Å². The Bertz CT molecular complexity index is 1460. The summed E-state index contributed by atoms with van der Waals surface area (Å²) in [7, 11) is 0. The fourth-order valence-electron chi connectivity index (χ4n) is 7.39. The minimum atomic E-state index is -0.872. The fourth-order valence-corrected chi connectivity index (χ4v) is 7.39. The number of hydrogen-bond donors (Lipinski definition) is 0. The average molecular weight is 603 g/mol. The summed E-state index contributed by atoms with van der Waals surface area (Å²) < 4.78 is 60.5. The third kappa shape index (κ3) is 7.38. The van der Waals surface area contributed by atoms with E-state index in [0.29, 0.717) is 34.6 Å². The summed E-state index contributed by atoms with van der Waals surface area (Å²) in [6, 6.07) is 13.1. The Hall–Kier alpha value is -3.14. The maximum absolute atomic E-state index is 15.4. The third-order valence-electron chi connectivity index (χ3n) is 10.1. The van der Waals surface area contributed by atoms with Gasteiger partial charge in [-0.15, -0.1) is 0 Å². The Morgan fingerprint density at radius 2 is 1.30 bits per heavy atom. The predicted molar refractivity (Wildman–Crippen MR) is 175 cm³/mol. The maximum Gasteiger partial charge on any atom is 0.167 e. The summed E-state index contributed by atoms with van der Waals surface area (Å²) >= 11 is 0. The van der Waals surface area contributed by atoms with Crippen LogP contribution in [0.4, 0.5) is 17.6 Å². The molecular weight excluding hydrogens is 556 g/mol. The summed E-state index contributed by atoms with van der Waals surface area (Å²) in [5, 5.41) is 0. The van der Waals surface area contributed by atoms with Gasteiger partial charge < -0.3 is 0 Å². The lowest BCUT2D eigenvalue weighted by atomic mass is 9.70. The molecule has 0 aliphatic heterocycles. The van der Waals surface area contributed by atoms with Crippen molar-refractivity contribution in [3.8, 4) is 22.3 Å². The van der Waals surface area contributed by atoms with Gasteiger partial charge in [0.2, 0.25) is 0 Å². The molecule has 0 aromatic heterocycles. The summed E-state index contributed by atoms with van der Waals surface area (Å²) in [6.45, 7) is 4.15. The molecule has 3 aromatic carbocycles. The molecule has 0 bridgehead atoms. The van der Waals surface area contributed by atoms with Crippen molar-refractivity contribution < 1.29 is 17.6 Å². The van der Waals surface area contributed by atoms with Crippen LogP contribution in [-0.4, -0.2) is 0 Å². The van der Waals surface area contributed by atoms with E-state index in [4.69, 9.17) is 0 Å². The minimum Gasteiger partial charge on any atom is -0.203 e. The van der Waals surface area contributed by atoms with Crippen LogP contribution in [-0.2, 0) is 6.42 Å². The smallest absolute Gasteiger partial charge is 0.167 e. The molecule has 1 saturated carbocycles. The van der Waals surface area contributed by atoms with E-state index in [1.807, 2.05) is 0 Å². The normalized spacial score (nSPS) is 20.7. The standard InChI is InChI=1S/C40H46F4/c1-3-5-7-9-27-11-13-28(14-12-27)29-15-17-30(18-16-29)35-25-26-36(40(44)39(35)43)32-21-19-31(20-22-32)34-24-23-33(10-8-6-4-2)37(41)38(34)42/h3,5,17,19-29H,4,6-16,18H2,1-2H3. The van der Waals surface area contributed by atoms with Crippen molar-refractivity contribution in [2.45, 2.75) is 97.3 Å². The second-order valence-electron chi connectivity index (χ2n) is 12.9.